The predicted octanol–water partition coefficient (Wildman–Crippen LogP) is 4.74. The fraction of sp³-hybridized carbons (Fsp3) is 0.647. The molecule has 2 rings (SSSR count). The molecule has 19 heavy (non-hydrogen) atoms. The lowest BCUT2D eigenvalue weighted by Gasteiger charge is -2.22. The average Bonchev–Trinajstić information content (AvgIpc) is 2.47. The number of thioether (sulfide) groups is 1. The van der Waals surface area contributed by atoms with Gasteiger partial charge in [-0.2, -0.15) is 11.8 Å². The second kappa shape index (κ2) is 7.96. The van der Waals surface area contributed by atoms with Crippen molar-refractivity contribution in [3.8, 4) is 0 Å². The van der Waals surface area contributed by atoms with E-state index in [1.54, 1.807) is 0 Å². The fourth-order valence-corrected chi connectivity index (χ4v) is 4.06. The highest BCUT2D eigenvalue weighted by Gasteiger charge is 2.16. The molecule has 1 unspecified atom stereocenters. The second-order valence-electron chi connectivity index (χ2n) is 5.60. The number of hydrogen-bond acceptors (Lipinski definition) is 2. The van der Waals surface area contributed by atoms with Crippen molar-refractivity contribution in [1.29, 1.82) is 0 Å². The second-order valence-corrected chi connectivity index (χ2v) is 6.93. The van der Waals surface area contributed by atoms with E-state index in [1.165, 1.54) is 44.1 Å². The molecule has 1 aliphatic rings. The molecule has 1 aromatic carbocycles. The topological polar surface area (TPSA) is 20.2 Å². The van der Waals surface area contributed by atoms with Crippen LogP contribution < -0.4 is 0 Å². The standard InChI is InChI=1S/C17H26OS/c1-2-6-14-9-11-15(12-10-14)17(18)13-19-16-7-4-3-5-8-16/h9-12,16-18H,2-8,13H2,1H3. The third kappa shape index (κ3) is 4.85. The molecule has 1 aromatic rings. The van der Waals surface area contributed by atoms with Gasteiger partial charge in [-0.05, 0) is 30.4 Å². The Labute approximate surface area is 121 Å². The van der Waals surface area contributed by atoms with Gasteiger partial charge in [-0.15, -0.1) is 0 Å². The SMILES string of the molecule is CCCc1ccc(C(O)CSC2CCCCC2)cc1. The van der Waals surface area contributed by atoms with Crippen LogP contribution in [-0.4, -0.2) is 16.1 Å². The van der Waals surface area contributed by atoms with Crippen LogP contribution >= 0.6 is 11.8 Å². The Morgan fingerprint density at radius 2 is 1.84 bits per heavy atom. The maximum Gasteiger partial charge on any atom is 0.0880 e. The summed E-state index contributed by atoms with van der Waals surface area (Å²) in [5.41, 5.74) is 2.45. The molecule has 0 spiro atoms. The number of aliphatic hydroxyl groups is 1. The van der Waals surface area contributed by atoms with Gasteiger partial charge in [0, 0.05) is 11.0 Å². The molecular formula is C17H26OS. The minimum atomic E-state index is -0.303. The largest absolute Gasteiger partial charge is 0.388 e. The monoisotopic (exact) mass is 278 g/mol. The van der Waals surface area contributed by atoms with Crippen LogP contribution in [0.5, 0.6) is 0 Å². The van der Waals surface area contributed by atoms with Gasteiger partial charge in [-0.3, -0.25) is 0 Å². The predicted molar refractivity (Wildman–Crippen MR) is 84.7 cm³/mol. The van der Waals surface area contributed by atoms with Gasteiger partial charge in [-0.25, -0.2) is 0 Å². The zero-order valence-electron chi connectivity index (χ0n) is 12.0. The Kier molecular flexibility index (Phi) is 6.25. The molecular weight excluding hydrogens is 252 g/mol. The molecule has 0 bridgehead atoms. The number of benzene rings is 1. The van der Waals surface area contributed by atoms with E-state index in [1.807, 2.05) is 11.8 Å². The highest BCUT2D eigenvalue weighted by Crippen LogP contribution is 2.31. The lowest BCUT2D eigenvalue weighted by molar-refractivity contribution is 0.204. The summed E-state index contributed by atoms with van der Waals surface area (Å²) in [6.07, 6.45) is 8.84. The summed E-state index contributed by atoms with van der Waals surface area (Å²) >= 11 is 1.96. The van der Waals surface area contributed by atoms with Crippen LogP contribution in [0.3, 0.4) is 0 Å². The van der Waals surface area contributed by atoms with Crippen molar-refractivity contribution in [2.24, 2.45) is 0 Å². The third-order valence-electron chi connectivity index (χ3n) is 3.95. The molecule has 1 saturated carbocycles. The summed E-state index contributed by atoms with van der Waals surface area (Å²) < 4.78 is 0. The molecule has 0 saturated heterocycles. The van der Waals surface area contributed by atoms with Gasteiger partial charge in [0.05, 0.1) is 6.10 Å². The first kappa shape index (κ1) is 14.9. The van der Waals surface area contributed by atoms with E-state index in [0.717, 1.165) is 23.0 Å². The number of rotatable bonds is 6. The Morgan fingerprint density at radius 3 is 2.47 bits per heavy atom. The summed E-state index contributed by atoms with van der Waals surface area (Å²) in [6, 6.07) is 8.51. The number of aryl methyl sites for hydroxylation is 1. The summed E-state index contributed by atoms with van der Waals surface area (Å²) in [5, 5.41) is 11.0. The molecule has 0 amide bonds. The average molecular weight is 278 g/mol. The first-order valence-electron chi connectivity index (χ1n) is 7.68. The Morgan fingerprint density at radius 1 is 1.16 bits per heavy atom. The van der Waals surface area contributed by atoms with E-state index in [4.69, 9.17) is 0 Å². The van der Waals surface area contributed by atoms with E-state index in [-0.39, 0.29) is 6.10 Å². The van der Waals surface area contributed by atoms with Gasteiger partial charge in [0.1, 0.15) is 0 Å². The Hall–Kier alpha value is -0.470. The molecule has 0 aromatic heterocycles. The van der Waals surface area contributed by atoms with Gasteiger partial charge >= 0.3 is 0 Å². The van der Waals surface area contributed by atoms with Crippen LogP contribution in [0.15, 0.2) is 24.3 Å². The van der Waals surface area contributed by atoms with Crippen molar-refractivity contribution >= 4 is 11.8 Å². The fourth-order valence-electron chi connectivity index (χ4n) is 2.75. The van der Waals surface area contributed by atoms with Crippen molar-refractivity contribution in [3.63, 3.8) is 0 Å². The third-order valence-corrected chi connectivity index (χ3v) is 5.40. The van der Waals surface area contributed by atoms with Gasteiger partial charge in [0.15, 0.2) is 0 Å². The summed E-state index contributed by atoms with van der Waals surface area (Å²) in [7, 11) is 0. The highest BCUT2D eigenvalue weighted by atomic mass is 32.2. The van der Waals surface area contributed by atoms with E-state index < -0.39 is 0 Å². The summed E-state index contributed by atoms with van der Waals surface area (Å²) in [6.45, 7) is 2.20. The molecule has 106 valence electrons. The molecule has 1 aliphatic carbocycles. The highest BCUT2D eigenvalue weighted by molar-refractivity contribution is 7.99. The maximum absolute atomic E-state index is 10.3. The minimum Gasteiger partial charge on any atom is -0.388 e. The molecule has 1 atom stereocenters. The molecule has 2 heteroatoms. The molecule has 1 nitrogen and oxygen atoms in total. The van der Waals surface area contributed by atoms with E-state index >= 15 is 0 Å². The zero-order chi connectivity index (χ0) is 13.5. The first-order chi connectivity index (χ1) is 9.29. The van der Waals surface area contributed by atoms with E-state index in [2.05, 4.69) is 31.2 Å². The van der Waals surface area contributed by atoms with Crippen LogP contribution in [0.2, 0.25) is 0 Å². The molecule has 1 fully saturated rings. The lowest BCUT2D eigenvalue weighted by Crippen LogP contribution is -2.11. The summed E-state index contributed by atoms with van der Waals surface area (Å²) in [5.74, 6) is 0.845. The van der Waals surface area contributed by atoms with Gasteiger partial charge in [-0.1, -0.05) is 56.9 Å². The Balaban J connectivity index is 1.79. The molecule has 1 N–H and O–H groups in total. The van der Waals surface area contributed by atoms with Crippen molar-refractivity contribution in [3.05, 3.63) is 35.4 Å². The van der Waals surface area contributed by atoms with Crippen molar-refractivity contribution in [1.82, 2.24) is 0 Å². The van der Waals surface area contributed by atoms with Gasteiger partial charge in [0.2, 0.25) is 0 Å². The van der Waals surface area contributed by atoms with Crippen LogP contribution in [-0.2, 0) is 6.42 Å². The van der Waals surface area contributed by atoms with E-state index in [9.17, 15) is 5.11 Å². The van der Waals surface area contributed by atoms with Crippen molar-refractivity contribution < 1.29 is 5.11 Å². The maximum atomic E-state index is 10.3. The zero-order valence-corrected chi connectivity index (χ0v) is 12.8. The Bertz CT molecular complexity index is 354. The normalized spacial score (nSPS) is 18.4. The van der Waals surface area contributed by atoms with Crippen LogP contribution in [0.25, 0.3) is 0 Å². The van der Waals surface area contributed by atoms with Gasteiger partial charge < -0.3 is 5.11 Å². The molecule has 0 radical (unpaired) electrons. The van der Waals surface area contributed by atoms with Gasteiger partial charge in [0.25, 0.3) is 0 Å². The summed E-state index contributed by atoms with van der Waals surface area (Å²) in [4.78, 5) is 0. The first-order valence-corrected chi connectivity index (χ1v) is 8.73. The smallest absolute Gasteiger partial charge is 0.0880 e. The lowest BCUT2D eigenvalue weighted by atomic mass is 10.0. The van der Waals surface area contributed by atoms with Crippen molar-refractivity contribution in [2.75, 3.05) is 5.75 Å². The molecule has 0 aliphatic heterocycles. The van der Waals surface area contributed by atoms with Crippen LogP contribution in [0.4, 0.5) is 0 Å². The molecule has 0 heterocycles. The van der Waals surface area contributed by atoms with Crippen molar-refractivity contribution in [2.45, 2.75) is 63.2 Å². The van der Waals surface area contributed by atoms with E-state index in [0.29, 0.717) is 0 Å². The van der Waals surface area contributed by atoms with Crippen LogP contribution in [0.1, 0.15) is 62.7 Å². The van der Waals surface area contributed by atoms with Crippen LogP contribution in [0, 0.1) is 0 Å². The number of aliphatic hydroxyl groups excluding tert-OH is 1. The quantitative estimate of drug-likeness (QED) is 0.811. The minimum absolute atomic E-state index is 0.303. The number of hydrogen-bond donors (Lipinski definition) is 1.